The van der Waals surface area contributed by atoms with Crippen molar-refractivity contribution >= 4 is 11.7 Å². The van der Waals surface area contributed by atoms with Crippen molar-refractivity contribution in [3.8, 4) is 0 Å². The van der Waals surface area contributed by atoms with Gasteiger partial charge in [0.1, 0.15) is 11.5 Å². The summed E-state index contributed by atoms with van der Waals surface area (Å²) in [5.74, 6) is 11.9. The van der Waals surface area contributed by atoms with Gasteiger partial charge in [0.15, 0.2) is 5.84 Å². The largest absolute Gasteiger partial charge is 0.384 e. The molecule has 0 spiro atoms. The number of nitrogen functional groups attached to an aromatic ring is 1. The van der Waals surface area contributed by atoms with E-state index in [-0.39, 0.29) is 6.04 Å². The standard InChI is InChI=1S/C9H16N6/c1-6(2)15(12)9(14-11)7-4-3-5-8(10)13-7/h3-6H,11-12H2,1-2H3,(H2,10,13)/b14-9-. The minimum Gasteiger partial charge on any atom is -0.384 e. The number of pyridine rings is 1. The molecule has 0 saturated carbocycles. The number of hydrazine groups is 1. The molecule has 0 saturated heterocycles. The van der Waals surface area contributed by atoms with Crippen molar-refractivity contribution in [1.82, 2.24) is 9.99 Å². The van der Waals surface area contributed by atoms with Crippen LogP contribution in [0.2, 0.25) is 0 Å². The van der Waals surface area contributed by atoms with Gasteiger partial charge in [-0.2, -0.15) is 5.10 Å². The molecule has 0 aromatic carbocycles. The summed E-state index contributed by atoms with van der Waals surface area (Å²) in [6.45, 7) is 3.86. The lowest BCUT2D eigenvalue weighted by molar-refractivity contribution is 0.362. The number of hydrogen-bond donors (Lipinski definition) is 3. The summed E-state index contributed by atoms with van der Waals surface area (Å²) in [5, 5.41) is 5.07. The summed E-state index contributed by atoms with van der Waals surface area (Å²) >= 11 is 0. The molecule has 0 radical (unpaired) electrons. The van der Waals surface area contributed by atoms with E-state index >= 15 is 0 Å². The molecule has 0 amide bonds. The first kappa shape index (κ1) is 11.3. The van der Waals surface area contributed by atoms with E-state index in [1.54, 1.807) is 18.2 Å². The van der Waals surface area contributed by atoms with E-state index in [9.17, 15) is 0 Å². The topological polar surface area (TPSA) is 107 Å². The van der Waals surface area contributed by atoms with E-state index in [4.69, 9.17) is 17.4 Å². The minimum absolute atomic E-state index is 0.0792. The molecular weight excluding hydrogens is 192 g/mol. The lowest BCUT2D eigenvalue weighted by Crippen LogP contribution is -2.44. The van der Waals surface area contributed by atoms with Gasteiger partial charge >= 0.3 is 0 Å². The second kappa shape index (κ2) is 4.61. The Morgan fingerprint density at radius 3 is 2.60 bits per heavy atom. The Kier molecular flexibility index (Phi) is 3.46. The quantitative estimate of drug-likeness (QED) is 0.271. The first-order valence-corrected chi connectivity index (χ1v) is 4.61. The van der Waals surface area contributed by atoms with Crippen molar-refractivity contribution in [2.75, 3.05) is 5.73 Å². The first-order valence-electron chi connectivity index (χ1n) is 4.61. The summed E-state index contributed by atoms with van der Waals surface area (Å²) in [6.07, 6.45) is 0. The van der Waals surface area contributed by atoms with Gasteiger partial charge < -0.3 is 11.6 Å². The van der Waals surface area contributed by atoms with E-state index in [1.165, 1.54) is 5.01 Å². The molecule has 6 heteroatoms. The molecule has 1 aromatic heterocycles. The molecule has 0 aliphatic carbocycles. The molecule has 6 nitrogen and oxygen atoms in total. The summed E-state index contributed by atoms with van der Waals surface area (Å²) in [4.78, 5) is 4.09. The van der Waals surface area contributed by atoms with Crippen LogP contribution in [0.1, 0.15) is 19.5 Å². The third kappa shape index (κ3) is 2.57. The minimum atomic E-state index is 0.0792. The Balaban J connectivity index is 3.04. The summed E-state index contributed by atoms with van der Waals surface area (Å²) in [7, 11) is 0. The lowest BCUT2D eigenvalue weighted by atomic mass is 10.3. The Labute approximate surface area is 88.7 Å². The van der Waals surface area contributed by atoms with Crippen molar-refractivity contribution < 1.29 is 0 Å². The predicted octanol–water partition coefficient (Wildman–Crippen LogP) is -0.132. The van der Waals surface area contributed by atoms with Crippen LogP contribution >= 0.6 is 0 Å². The highest BCUT2D eigenvalue weighted by molar-refractivity contribution is 5.96. The number of rotatable bonds is 2. The van der Waals surface area contributed by atoms with E-state index in [0.717, 1.165) is 0 Å². The summed E-state index contributed by atoms with van der Waals surface area (Å²) in [6, 6.07) is 5.30. The van der Waals surface area contributed by atoms with Gasteiger partial charge in [-0.05, 0) is 26.0 Å². The SMILES string of the molecule is CC(C)N(N)/C(=N\N)c1cccc(N)n1. The van der Waals surface area contributed by atoms with Gasteiger partial charge in [0, 0.05) is 6.04 Å². The zero-order chi connectivity index (χ0) is 11.4. The van der Waals surface area contributed by atoms with Crippen LogP contribution in [-0.4, -0.2) is 21.9 Å². The molecule has 0 aliphatic heterocycles. The second-order valence-electron chi connectivity index (χ2n) is 3.40. The number of anilines is 1. The Morgan fingerprint density at radius 2 is 2.13 bits per heavy atom. The highest BCUT2D eigenvalue weighted by Crippen LogP contribution is 2.05. The monoisotopic (exact) mass is 208 g/mol. The van der Waals surface area contributed by atoms with Crippen LogP contribution in [0.3, 0.4) is 0 Å². The average Bonchev–Trinajstić information content (AvgIpc) is 2.18. The number of hydrazone groups is 1. The van der Waals surface area contributed by atoms with E-state index in [0.29, 0.717) is 17.3 Å². The molecule has 0 atom stereocenters. The molecule has 82 valence electrons. The highest BCUT2D eigenvalue weighted by Gasteiger charge is 2.14. The Hall–Kier alpha value is -1.82. The molecule has 15 heavy (non-hydrogen) atoms. The molecular formula is C9H16N6. The summed E-state index contributed by atoms with van der Waals surface area (Å²) in [5.41, 5.74) is 6.12. The summed E-state index contributed by atoms with van der Waals surface area (Å²) < 4.78 is 0. The maximum absolute atomic E-state index is 5.80. The third-order valence-electron chi connectivity index (χ3n) is 1.92. The number of amidine groups is 1. The second-order valence-corrected chi connectivity index (χ2v) is 3.40. The van der Waals surface area contributed by atoms with Gasteiger partial charge in [-0.3, -0.25) is 5.01 Å². The van der Waals surface area contributed by atoms with Crippen LogP contribution in [0.5, 0.6) is 0 Å². The number of aromatic nitrogens is 1. The molecule has 0 aliphatic rings. The van der Waals surface area contributed by atoms with Crippen LogP contribution in [0.15, 0.2) is 23.3 Å². The van der Waals surface area contributed by atoms with Crippen LogP contribution in [0.4, 0.5) is 5.82 Å². The van der Waals surface area contributed by atoms with Crippen LogP contribution in [0, 0.1) is 0 Å². The first-order chi connectivity index (χ1) is 7.06. The highest BCUT2D eigenvalue weighted by atomic mass is 15.5. The molecule has 0 unspecified atom stereocenters. The van der Waals surface area contributed by atoms with Crippen molar-refractivity contribution in [3.05, 3.63) is 23.9 Å². The van der Waals surface area contributed by atoms with Crippen molar-refractivity contribution in [2.45, 2.75) is 19.9 Å². The number of hydrogen-bond acceptors (Lipinski definition) is 5. The molecule has 6 N–H and O–H groups in total. The van der Waals surface area contributed by atoms with Gasteiger partial charge in [-0.15, -0.1) is 0 Å². The van der Waals surface area contributed by atoms with Crippen molar-refractivity contribution in [1.29, 1.82) is 0 Å². The zero-order valence-electron chi connectivity index (χ0n) is 8.88. The molecule has 0 fully saturated rings. The fourth-order valence-electron chi connectivity index (χ4n) is 1.09. The van der Waals surface area contributed by atoms with Gasteiger partial charge in [-0.25, -0.2) is 10.8 Å². The third-order valence-corrected chi connectivity index (χ3v) is 1.92. The van der Waals surface area contributed by atoms with E-state index in [2.05, 4.69) is 10.1 Å². The smallest absolute Gasteiger partial charge is 0.188 e. The normalized spacial score (nSPS) is 11.9. The van der Waals surface area contributed by atoms with Crippen molar-refractivity contribution in [3.63, 3.8) is 0 Å². The Morgan fingerprint density at radius 1 is 1.47 bits per heavy atom. The molecule has 0 bridgehead atoms. The van der Waals surface area contributed by atoms with Gasteiger partial charge in [0.2, 0.25) is 0 Å². The van der Waals surface area contributed by atoms with Crippen molar-refractivity contribution in [2.24, 2.45) is 16.8 Å². The zero-order valence-corrected chi connectivity index (χ0v) is 8.88. The molecule has 1 heterocycles. The number of nitrogens with zero attached hydrogens (tertiary/aromatic N) is 3. The average molecular weight is 208 g/mol. The maximum Gasteiger partial charge on any atom is 0.188 e. The Bertz CT molecular complexity index is 359. The van der Waals surface area contributed by atoms with Gasteiger partial charge in [0.25, 0.3) is 0 Å². The lowest BCUT2D eigenvalue weighted by Gasteiger charge is -2.23. The van der Waals surface area contributed by atoms with Crippen LogP contribution in [0.25, 0.3) is 0 Å². The van der Waals surface area contributed by atoms with E-state index in [1.807, 2.05) is 13.8 Å². The number of nitrogens with two attached hydrogens (primary N) is 3. The van der Waals surface area contributed by atoms with Gasteiger partial charge in [-0.1, -0.05) is 6.07 Å². The fraction of sp³-hybridized carbons (Fsp3) is 0.333. The molecule has 1 aromatic rings. The van der Waals surface area contributed by atoms with Crippen LogP contribution in [-0.2, 0) is 0 Å². The predicted molar refractivity (Wildman–Crippen MR) is 60.5 cm³/mol. The van der Waals surface area contributed by atoms with Gasteiger partial charge in [0.05, 0.1) is 0 Å². The maximum atomic E-state index is 5.80. The molecule has 1 rings (SSSR count). The van der Waals surface area contributed by atoms with E-state index < -0.39 is 0 Å². The van der Waals surface area contributed by atoms with Crippen LogP contribution < -0.4 is 17.4 Å². The fourth-order valence-corrected chi connectivity index (χ4v) is 1.09.